The Morgan fingerprint density at radius 2 is 1.93 bits per heavy atom. The zero-order valence-electron chi connectivity index (χ0n) is 16.5. The summed E-state index contributed by atoms with van der Waals surface area (Å²) in [7, 11) is 0. The van der Waals surface area contributed by atoms with Gasteiger partial charge in [-0.3, -0.25) is 0 Å². The van der Waals surface area contributed by atoms with Gasteiger partial charge in [0.1, 0.15) is 17.3 Å². The number of anilines is 3. The van der Waals surface area contributed by atoms with Gasteiger partial charge in [0.2, 0.25) is 5.95 Å². The second-order valence-corrected chi connectivity index (χ2v) is 6.37. The van der Waals surface area contributed by atoms with Crippen molar-refractivity contribution in [3.63, 3.8) is 0 Å². The SMILES string of the molecule is CCCOc1ccc(OCC)cc1NCc1cnc2nc(N)nc(N)c2c1C. The van der Waals surface area contributed by atoms with Gasteiger partial charge in [-0.15, -0.1) is 0 Å². The van der Waals surface area contributed by atoms with E-state index in [4.69, 9.17) is 20.9 Å². The van der Waals surface area contributed by atoms with Gasteiger partial charge in [-0.25, -0.2) is 4.98 Å². The van der Waals surface area contributed by atoms with E-state index in [2.05, 4.69) is 27.2 Å². The fourth-order valence-electron chi connectivity index (χ4n) is 2.94. The van der Waals surface area contributed by atoms with Gasteiger partial charge in [-0.05, 0) is 43.5 Å². The normalized spacial score (nSPS) is 10.8. The lowest BCUT2D eigenvalue weighted by Gasteiger charge is -2.16. The molecule has 0 bridgehead atoms. The number of aromatic nitrogens is 3. The number of rotatable bonds is 8. The quantitative estimate of drug-likeness (QED) is 0.542. The topological polar surface area (TPSA) is 121 Å². The Labute approximate surface area is 164 Å². The highest BCUT2D eigenvalue weighted by atomic mass is 16.5. The largest absolute Gasteiger partial charge is 0.494 e. The molecule has 0 aliphatic rings. The van der Waals surface area contributed by atoms with Gasteiger partial charge in [-0.2, -0.15) is 9.97 Å². The third kappa shape index (κ3) is 4.16. The highest BCUT2D eigenvalue weighted by Crippen LogP contribution is 2.31. The van der Waals surface area contributed by atoms with Gasteiger partial charge in [0, 0.05) is 18.8 Å². The lowest BCUT2D eigenvalue weighted by Crippen LogP contribution is -2.08. The number of hydrogen-bond donors (Lipinski definition) is 3. The molecule has 0 aliphatic carbocycles. The van der Waals surface area contributed by atoms with Gasteiger partial charge >= 0.3 is 0 Å². The van der Waals surface area contributed by atoms with Crippen LogP contribution in [0.4, 0.5) is 17.5 Å². The second kappa shape index (κ2) is 8.60. The number of hydrogen-bond acceptors (Lipinski definition) is 8. The maximum absolute atomic E-state index is 6.04. The predicted molar refractivity (Wildman–Crippen MR) is 112 cm³/mol. The molecule has 1 aromatic carbocycles. The number of aryl methyl sites for hydroxylation is 1. The number of nitrogen functional groups attached to an aromatic ring is 2. The van der Waals surface area contributed by atoms with Crippen molar-refractivity contribution < 1.29 is 9.47 Å². The highest BCUT2D eigenvalue weighted by molar-refractivity contribution is 5.90. The minimum Gasteiger partial charge on any atom is -0.494 e. The van der Waals surface area contributed by atoms with E-state index in [0.29, 0.717) is 31.2 Å². The first-order valence-corrected chi connectivity index (χ1v) is 9.34. The molecule has 5 N–H and O–H groups in total. The Morgan fingerprint density at radius 3 is 2.68 bits per heavy atom. The summed E-state index contributed by atoms with van der Waals surface area (Å²) >= 11 is 0. The standard InChI is InChI=1S/C20H26N6O2/c1-4-8-28-16-7-6-14(27-5-2)9-15(16)23-10-13-11-24-19-17(12(13)3)18(21)25-20(22)26-19/h6-7,9,11,23H,4-5,8,10H2,1-3H3,(H4,21,22,24,25,26). The number of pyridine rings is 1. The number of ether oxygens (including phenoxy) is 2. The van der Waals surface area contributed by atoms with Gasteiger partial charge in [-0.1, -0.05) is 6.92 Å². The Kier molecular flexibility index (Phi) is 5.98. The summed E-state index contributed by atoms with van der Waals surface area (Å²) in [6.45, 7) is 7.79. The number of nitrogens with two attached hydrogens (primary N) is 2. The zero-order chi connectivity index (χ0) is 20.1. The molecule has 2 aromatic heterocycles. The smallest absolute Gasteiger partial charge is 0.224 e. The summed E-state index contributed by atoms with van der Waals surface area (Å²) in [6, 6.07) is 5.77. The molecular weight excluding hydrogens is 356 g/mol. The lowest BCUT2D eigenvalue weighted by molar-refractivity contribution is 0.315. The molecule has 8 nitrogen and oxygen atoms in total. The van der Waals surface area contributed by atoms with Crippen LogP contribution in [0, 0.1) is 6.92 Å². The van der Waals surface area contributed by atoms with Crippen LogP contribution in [0.25, 0.3) is 11.0 Å². The van der Waals surface area contributed by atoms with Crippen LogP contribution in [-0.2, 0) is 6.54 Å². The molecule has 0 aliphatic heterocycles. The maximum Gasteiger partial charge on any atom is 0.224 e. The van der Waals surface area contributed by atoms with E-state index >= 15 is 0 Å². The molecule has 0 radical (unpaired) electrons. The molecule has 8 heteroatoms. The predicted octanol–water partition coefficient (Wildman–Crippen LogP) is 3.30. The molecule has 0 amide bonds. The average Bonchev–Trinajstić information content (AvgIpc) is 2.66. The average molecular weight is 382 g/mol. The van der Waals surface area contributed by atoms with E-state index < -0.39 is 0 Å². The minimum atomic E-state index is 0.119. The van der Waals surface area contributed by atoms with Gasteiger partial charge < -0.3 is 26.3 Å². The molecule has 28 heavy (non-hydrogen) atoms. The van der Waals surface area contributed by atoms with Crippen molar-refractivity contribution in [3.05, 3.63) is 35.5 Å². The van der Waals surface area contributed by atoms with Crippen molar-refractivity contribution >= 4 is 28.5 Å². The first kappa shape index (κ1) is 19.5. The van der Waals surface area contributed by atoms with Crippen molar-refractivity contribution in [2.75, 3.05) is 30.0 Å². The first-order chi connectivity index (χ1) is 13.5. The Balaban J connectivity index is 1.88. The molecule has 0 fully saturated rings. The summed E-state index contributed by atoms with van der Waals surface area (Å²) in [5.41, 5.74) is 15.0. The Bertz CT molecular complexity index is 977. The molecule has 0 atom stereocenters. The van der Waals surface area contributed by atoms with Crippen LogP contribution in [0.5, 0.6) is 11.5 Å². The third-order valence-electron chi connectivity index (χ3n) is 4.33. The summed E-state index contributed by atoms with van der Waals surface area (Å²) in [6.07, 6.45) is 2.71. The summed E-state index contributed by atoms with van der Waals surface area (Å²) in [5, 5.41) is 4.14. The molecule has 3 rings (SSSR count). The van der Waals surface area contributed by atoms with Gasteiger partial charge in [0.15, 0.2) is 5.65 Å². The number of fused-ring (bicyclic) bond motifs is 1. The molecule has 2 heterocycles. The number of nitrogens with one attached hydrogen (secondary N) is 1. The van der Waals surface area contributed by atoms with Crippen molar-refractivity contribution in [3.8, 4) is 11.5 Å². The number of benzene rings is 1. The van der Waals surface area contributed by atoms with Crippen LogP contribution in [0.3, 0.4) is 0 Å². The van der Waals surface area contributed by atoms with E-state index in [1.54, 1.807) is 6.20 Å². The van der Waals surface area contributed by atoms with Gasteiger partial charge in [0.05, 0.1) is 24.3 Å². The molecule has 0 saturated heterocycles. The van der Waals surface area contributed by atoms with Crippen LogP contribution >= 0.6 is 0 Å². The summed E-state index contributed by atoms with van der Waals surface area (Å²) in [5.74, 6) is 2.02. The Morgan fingerprint density at radius 1 is 1.11 bits per heavy atom. The number of nitrogens with zero attached hydrogens (tertiary/aromatic N) is 3. The lowest BCUT2D eigenvalue weighted by atomic mass is 10.1. The molecule has 0 unspecified atom stereocenters. The van der Waals surface area contributed by atoms with Crippen molar-refractivity contribution in [2.24, 2.45) is 0 Å². The van der Waals surface area contributed by atoms with Crippen LogP contribution in [0.1, 0.15) is 31.4 Å². The first-order valence-electron chi connectivity index (χ1n) is 9.34. The highest BCUT2D eigenvalue weighted by Gasteiger charge is 2.12. The molecule has 0 saturated carbocycles. The maximum atomic E-state index is 6.04. The summed E-state index contributed by atoms with van der Waals surface area (Å²) < 4.78 is 11.5. The van der Waals surface area contributed by atoms with Crippen molar-refractivity contribution in [1.82, 2.24) is 15.0 Å². The van der Waals surface area contributed by atoms with Crippen molar-refractivity contribution in [1.29, 1.82) is 0 Å². The minimum absolute atomic E-state index is 0.119. The van der Waals surface area contributed by atoms with E-state index in [9.17, 15) is 0 Å². The molecule has 3 aromatic rings. The summed E-state index contributed by atoms with van der Waals surface area (Å²) in [4.78, 5) is 12.6. The Hall–Kier alpha value is -3.29. The second-order valence-electron chi connectivity index (χ2n) is 6.37. The van der Waals surface area contributed by atoms with Crippen molar-refractivity contribution in [2.45, 2.75) is 33.7 Å². The molecule has 148 valence electrons. The van der Waals surface area contributed by atoms with E-state index in [0.717, 1.165) is 40.1 Å². The third-order valence-corrected chi connectivity index (χ3v) is 4.33. The van der Waals surface area contributed by atoms with Crippen LogP contribution in [0.2, 0.25) is 0 Å². The van der Waals surface area contributed by atoms with E-state index in [1.807, 2.05) is 32.0 Å². The van der Waals surface area contributed by atoms with Crippen LogP contribution < -0.4 is 26.3 Å². The molecular formula is C20H26N6O2. The fourth-order valence-corrected chi connectivity index (χ4v) is 2.94. The van der Waals surface area contributed by atoms with Crippen LogP contribution in [-0.4, -0.2) is 28.2 Å². The van der Waals surface area contributed by atoms with Crippen LogP contribution in [0.15, 0.2) is 24.4 Å². The zero-order valence-corrected chi connectivity index (χ0v) is 16.5. The molecule has 0 spiro atoms. The monoisotopic (exact) mass is 382 g/mol. The fraction of sp³-hybridized carbons (Fsp3) is 0.350. The van der Waals surface area contributed by atoms with E-state index in [-0.39, 0.29) is 5.95 Å². The van der Waals surface area contributed by atoms with E-state index in [1.165, 1.54) is 0 Å². The van der Waals surface area contributed by atoms with Gasteiger partial charge in [0.25, 0.3) is 0 Å².